The summed E-state index contributed by atoms with van der Waals surface area (Å²) in [6, 6.07) is 14.3. The number of esters is 1. The summed E-state index contributed by atoms with van der Waals surface area (Å²) in [6.45, 7) is 4.04. The van der Waals surface area contributed by atoms with E-state index in [0.717, 1.165) is 5.56 Å². The smallest absolute Gasteiger partial charge is 0.339 e. The molecular formula is C18H20O5S. The summed E-state index contributed by atoms with van der Waals surface area (Å²) >= 11 is 0. The molecule has 0 spiro atoms. The van der Waals surface area contributed by atoms with E-state index in [1.165, 1.54) is 24.3 Å². The first-order valence-corrected chi connectivity index (χ1v) is 9.02. The van der Waals surface area contributed by atoms with Crippen LogP contribution in [-0.2, 0) is 26.3 Å². The van der Waals surface area contributed by atoms with Gasteiger partial charge in [0.1, 0.15) is 17.3 Å². The third-order valence-electron chi connectivity index (χ3n) is 3.14. The maximum atomic E-state index is 12.1. The van der Waals surface area contributed by atoms with Crippen molar-refractivity contribution in [3.05, 3.63) is 60.2 Å². The molecule has 0 aliphatic carbocycles. The predicted octanol–water partition coefficient (Wildman–Crippen LogP) is 3.54. The fourth-order valence-electron chi connectivity index (χ4n) is 1.96. The Kier molecular flexibility index (Phi) is 5.98. The summed E-state index contributed by atoms with van der Waals surface area (Å²) in [4.78, 5) is 11.6. The van der Waals surface area contributed by atoms with Gasteiger partial charge in [-0.15, -0.1) is 0 Å². The van der Waals surface area contributed by atoms with Crippen molar-refractivity contribution in [2.45, 2.75) is 31.8 Å². The summed E-state index contributed by atoms with van der Waals surface area (Å²) in [6.07, 6.45) is 0.372. The average molecular weight is 348 g/mol. The van der Waals surface area contributed by atoms with Gasteiger partial charge in [0.15, 0.2) is 0 Å². The summed E-state index contributed by atoms with van der Waals surface area (Å²) in [5.74, 6) is 0.199. The van der Waals surface area contributed by atoms with Crippen molar-refractivity contribution in [3.8, 4) is 5.75 Å². The van der Waals surface area contributed by atoms with Gasteiger partial charge in [0.25, 0.3) is 0 Å². The fourth-order valence-corrected chi connectivity index (χ4v) is 2.91. The number of hydrogen-bond acceptors (Lipinski definition) is 5. The Morgan fingerprint density at radius 1 is 1.00 bits per heavy atom. The minimum absolute atomic E-state index is 0.0942. The first kappa shape index (κ1) is 18.0. The third kappa shape index (κ3) is 5.38. The van der Waals surface area contributed by atoms with Crippen LogP contribution in [0.15, 0.2) is 59.5 Å². The Morgan fingerprint density at radius 3 is 2.21 bits per heavy atom. The summed E-state index contributed by atoms with van der Waals surface area (Å²) in [5, 5.41) is 0. The molecule has 0 atom stereocenters. The number of rotatable bonds is 7. The molecule has 24 heavy (non-hydrogen) atoms. The van der Waals surface area contributed by atoms with E-state index in [1.807, 2.05) is 13.8 Å². The van der Waals surface area contributed by atoms with Crippen LogP contribution in [0.3, 0.4) is 0 Å². The second kappa shape index (κ2) is 7.97. The lowest BCUT2D eigenvalue weighted by atomic mass is 10.1. The van der Waals surface area contributed by atoms with Crippen LogP contribution >= 0.6 is 0 Å². The van der Waals surface area contributed by atoms with Crippen LogP contribution in [0.5, 0.6) is 5.75 Å². The minimum Gasteiger partial charge on any atom is -0.461 e. The van der Waals surface area contributed by atoms with Gasteiger partial charge in [0, 0.05) is 6.42 Å². The Balaban J connectivity index is 1.96. The molecule has 2 rings (SSSR count). The van der Waals surface area contributed by atoms with Crippen LogP contribution < -0.4 is 4.18 Å². The molecule has 0 heterocycles. The maximum Gasteiger partial charge on any atom is 0.339 e. The monoisotopic (exact) mass is 348 g/mol. The van der Waals surface area contributed by atoms with Crippen LogP contribution in [0.1, 0.15) is 25.8 Å². The molecular weight excluding hydrogens is 328 g/mol. The highest BCUT2D eigenvalue weighted by molar-refractivity contribution is 7.87. The van der Waals surface area contributed by atoms with Gasteiger partial charge in [-0.25, -0.2) is 0 Å². The fraction of sp³-hybridized carbons (Fsp3) is 0.278. The van der Waals surface area contributed by atoms with Gasteiger partial charge in [0.2, 0.25) is 0 Å². The standard InChI is InChI=1S/C18H20O5S/c1-14(2)12-18(19)22-13-15-8-10-16(11-9-15)23-24(20,21)17-6-4-3-5-7-17/h3-11,14H,12-13H2,1-2H3. The molecule has 0 aromatic heterocycles. The zero-order valence-electron chi connectivity index (χ0n) is 13.6. The molecule has 0 N–H and O–H groups in total. The number of carbonyl (C=O) groups is 1. The van der Waals surface area contributed by atoms with Crippen molar-refractivity contribution >= 4 is 16.1 Å². The molecule has 2 aromatic rings. The molecule has 2 aromatic carbocycles. The highest BCUT2D eigenvalue weighted by Gasteiger charge is 2.15. The van der Waals surface area contributed by atoms with E-state index in [4.69, 9.17) is 8.92 Å². The third-order valence-corrected chi connectivity index (χ3v) is 4.40. The molecule has 0 bridgehead atoms. The number of carbonyl (C=O) groups excluding carboxylic acids is 1. The topological polar surface area (TPSA) is 69.7 Å². The van der Waals surface area contributed by atoms with Gasteiger partial charge in [0.05, 0.1) is 0 Å². The molecule has 0 aliphatic rings. The van der Waals surface area contributed by atoms with Crippen LogP contribution in [-0.4, -0.2) is 14.4 Å². The van der Waals surface area contributed by atoms with E-state index in [9.17, 15) is 13.2 Å². The minimum atomic E-state index is -3.85. The zero-order valence-corrected chi connectivity index (χ0v) is 14.5. The van der Waals surface area contributed by atoms with Crippen molar-refractivity contribution in [1.82, 2.24) is 0 Å². The van der Waals surface area contributed by atoms with Crippen molar-refractivity contribution < 1.29 is 22.1 Å². The Morgan fingerprint density at radius 2 is 1.62 bits per heavy atom. The van der Waals surface area contributed by atoms with E-state index in [0.29, 0.717) is 6.42 Å². The molecule has 6 heteroatoms. The van der Waals surface area contributed by atoms with Gasteiger partial charge < -0.3 is 8.92 Å². The maximum absolute atomic E-state index is 12.1. The molecule has 0 saturated heterocycles. The Hall–Kier alpha value is -2.34. The second-order valence-electron chi connectivity index (χ2n) is 5.75. The molecule has 0 unspecified atom stereocenters. The molecule has 5 nitrogen and oxygen atoms in total. The van der Waals surface area contributed by atoms with E-state index in [2.05, 4.69) is 0 Å². The lowest BCUT2D eigenvalue weighted by Crippen LogP contribution is -2.10. The van der Waals surface area contributed by atoms with Gasteiger partial charge in [-0.05, 0) is 35.7 Å². The SMILES string of the molecule is CC(C)CC(=O)OCc1ccc(OS(=O)(=O)c2ccccc2)cc1. The van der Waals surface area contributed by atoms with Crippen LogP contribution in [0.4, 0.5) is 0 Å². The van der Waals surface area contributed by atoms with E-state index >= 15 is 0 Å². The average Bonchev–Trinajstić information content (AvgIpc) is 2.54. The molecule has 0 saturated carbocycles. The van der Waals surface area contributed by atoms with Crippen molar-refractivity contribution in [1.29, 1.82) is 0 Å². The molecule has 0 fully saturated rings. The van der Waals surface area contributed by atoms with E-state index in [-0.39, 0.29) is 29.1 Å². The van der Waals surface area contributed by atoms with Crippen LogP contribution in [0, 0.1) is 5.92 Å². The largest absolute Gasteiger partial charge is 0.461 e. The van der Waals surface area contributed by atoms with Gasteiger partial charge in [-0.2, -0.15) is 8.42 Å². The molecule has 0 aliphatic heterocycles. The second-order valence-corrected chi connectivity index (χ2v) is 7.30. The Bertz CT molecular complexity index is 765. The van der Waals surface area contributed by atoms with Gasteiger partial charge in [-0.3, -0.25) is 4.79 Å². The summed E-state index contributed by atoms with van der Waals surface area (Å²) < 4.78 is 34.5. The van der Waals surface area contributed by atoms with E-state index in [1.54, 1.807) is 30.3 Å². The van der Waals surface area contributed by atoms with Crippen LogP contribution in [0.25, 0.3) is 0 Å². The Labute approximate surface area is 142 Å². The van der Waals surface area contributed by atoms with E-state index < -0.39 is 10.1 Å². The molecule has 128 valence electrons. The highest BCUT2D eigenvalue weighted by atomic mass is 32.2. The van der Waals surface area contributed by atoms with Gasteiger partial charge in [-0.1, -0.05) is 44.2 Å². The van der Waals surface area contributed by atoms with Crippen molar-refractivity contribution in [2.75, 3.05) is 0 Å². The van der Waals surface area contributed by atoms with Crippen molar-refractivity contribution in [3.63, 3.8) is 0 Å². The normalized spacial score (nSPS) is 11.3. The number of ether oxygens (including phenoxy) is 1. The summed E-state index contributed by atoms with van der Waals surface area (Å²) in [5.41, 5.74) is 0.761. The number of benzene rings is 2. The predicted molar refractivity (Wildman–Crippen MR) is 89.9 cm³/mol. The first-order chi connectivity index (χ1) is 11.4. The zero-order chi connectivity index (χ0) is 17.6. The molecule has 0 radical (unpaired) electrons. The quantitative estimate of drug-likeness (QED) is 0.565. The lowest BCUT2D eigenvalue weighted by Gasteiger charge is -2.09. The summed E-state index contributed by atoms with van der Waals surface area (Å²) in [7, 11) is -3.85. The highest BCUT2D eigenvalue weighted by Crippen LogP contribution is 2.19. The first-order valence-electron chi connectivity index (χ1n) is 7.61. The van der Waals surface area contributed by atoms with Gasteiger partial charge >= 0.3 is 16.1 Å². The van der Waals surface area contributed by atoms with Crippen molar-refractivity contribution in [2.24, 2.45) is 5.92 Å². The molecule has 0 amide bonds. The number of hydrogen-bond donors (Lipinski definition) is 0. The lowest BCUT2D eigenvalue weighted by molar-refractivity contribution is -0.145. The van der Waals surface area contributed by atoms with Crippen LogP contribution in [0.2, 0.25) is 0 Å².